The molecule has 6 heteroatoms. The standard InChI is InChI=1S/C17H20N2O2S2/c1-2-9-19(12-15-5-4-10-23-15)16(20)6-3-8-18-17(21)14-7-11-22-13-14/h2,4-5,7,10-11,13H,1,3,6,8-9,12H2,(H,18,21). The summed E-state index contributed by atoms with van der Waals surface area (Å²) < 4.78 is 0. The van der Waals surface area contributed by atoms with E-state index in [0.717, 1.165) is 4.88 Å². The van der Waals surface area contributed by atoms with Crippen LogP contribution in [-0.4, -0.2) is 29.8 Å². The van der Waals surface area contributed by atoms with E-state index < -0.39 is 0 Å². The molecule has 0 aliphatic heterocycles. The second-order valence-electron chi connectivity index (χ2n) is 5.01. The minimum Gasteiger partial charge on any atom is -0.352 e. The summed E-state index contributed by atoms with van der Waals surface area (Å²) in [6.07, 6.45) is 2.79. The Hall–Kier alpha value is -1.92. The van der Waals surface area contributed by atoms with E-state index in [2.05, 4.69) is 11.9 Å². The van der Waals surface area contributed by atoms with Gasteiger partial charge in [0, 0.05) is 35.3 Å². The topological polar surface area (TPSA) is 49.4 Å². The molecule has 0 spiro atoms. The minimum atomic E-state index is -0.0831. The molecule has 0 atom stereocenters. The third-order valence-electron chi connectivity index (χ3n) is 3.27. The second-order valence-corrected chi connectivity index (χ2v) is 6.83. The van der Waals surface area contributed by atoms with Gasteiger partial charge < -0.3 is 10.2 Å². The zero-order valence-electron chi connectivity index (χ0n) is 12.9. The number of amides is 2. The predicted octanol–water partition coefficient (Wildman–Crippen LogP) is 3.53. The molecule has 2 amide bonds. The largest absolute Gasteiger partial charge is 0.352 e. The van der Waals surface area contributed by atoms with E-state index in [4.69, 9.17) is 0 Å². The fraction of sp³-hybridized carbons (Fsp3) is 0.294. The number of carbonyl (C=O) groups is 2. The molecule has 0 aliphatic carbocycles. The van der Waals surface area contributed by atoms with Crippen LogP contribution < -0.4 is 5.32 Å². The third-order valence-corrected chi connectivity index (χ3v) is 4.81. The molecule has 0 unspecified atom stereocenters. The highest BCUT2D eigenvalue weighted by Crippen LogP contribution is 2.13. The Labute approximate surface area is 144 Å². The van der Waals surface area contributed by atoms with Crippen LogP contribution in [-0.2, 0) is 11.3 Å². The van der Waals surface area contributed by atoms with Crippen molar-refractivity contribution in [2.75, 3.05) is 13.1 Å². The van der Waals surface area contributed by atoms with Gasteiger partial charge in [-0.2, -0.15) is 11.3 Å². The summed E-state index contributed by atoms with van der Waals surface area (Å²) in [6, 6.07) is 5.80. The Morgan fingerprint density at radius 2 is 2.17 bits per heavy atom. The summed E-state index contributed by atoms with van der Waals surface area (Å²) in [5.74, 6) is 0.00307. The molecule has 2 rings (SSSR count). The number of carbonyl (C=O) groups excluding carboxylic acids is 2. The van der Waals surface area contributed by atoms with Gasteiger partial charge in [0.2, 0.25) is 5.91 Å². The minimum absolute atomic E-state index is 0.0831. The van der Waals surface area contributed by atoms with Crippen molar-refractivity contribution in [2.45, 2.75) is 19.4 Å². The lowest BCUT2D eigenvalue weighted by atomic mass is 10.2. The Bertz CT molecular complexity index is 621. The molecular formula is C17H20N2O2S2. The van der Waals surface area contributed by atoms with Gasteiger partial charge in [-0.15, -0.1) is 17.9 Å². The summed E-state index contributed by atoms with van der Waals surface area (Å²) in [6.45, 7) is 5.37. The normalized spacial score (nSPS) is 10.3. The summed E-state index contributed by atoms with van der Waals surface area (Å²) in [5.41, 5.74) is 0.673. The number of nitrogens with zero attached hydrogens (tertiary/aromatic N) is 1. The van der Waals surface area contributed by atoms with E-state index in [1.807, 2.05) is 28.3 Å². The fourth-order valence-electron chi connectivity index (χ4n) is 2.10. The lowest BCUT2D eigenvalue weighted by Crippen LogP contribution is -2.31. The molecule has 4 nitrogen and oxygen atoms in total. The molecule has 0 aliphatic rings. The molecule has 0 saturated carbocycles. The van der Waals surface area contributed by atoms with Gasteiger partial charge >= 0.3 is 0 Å². The van der Waals surface area contributed by atoms with Crippen molar-refractivity contribution in [3.05, 3.63) is 57.4 Å². The average Bonchev–Trinajstić information content (AvgIpc) is 3.23. The number of thiophene rings is 2. The van der Waals surface area contributed by atoms with Gasteiger partial charge in [-0.05, 0) is 29.3 Å². The van der Waals surface area contributed by atoms with Crippen LogP contribution in [0.3, 0.4) is 0 Å². The molecule has 0 saturated heterocycles. The molecule has 0 bridgehead atoms. The smallest absolute Gasteiger partial charge is 0.252 e. The summed E-state index contributed by atoms with van der Waals surface area (Å²) in [7, 11) is 0. The molecule has 0 radical (unpaired) electrons. The number of hydrogen-bond donors (Lipinski definition) is 1. The van der Waals surface area contributed by atoms with Crippen LogP contribution in [0.2, 0.25) is 0 Å². The lowest BCUT2D eigenvalue weighted by molar-refractivity contribution is -0.131. The van der Waals surface area contributed by atoms with Crippen LogP contribution in [0, 0.1) is 0 Å². The zero-order valence-corrected chi connectivity index (χ0v) is 14.5. The number of hydrogen-bond acceptors (Lipinski definition) is 4. The van der Waals surface area contributed by atoms with Crippen molar-refractivity contribution >= 4 is 34.5 Å². The molecule has 2 heterocycles. The van der Waals surface area contributed by atoms with Crippen LogP contribution in [0.25, 0.3) is 0 Å². The SMILES string of the molecule is C=CCN(Cc1cccs1)C(=O)CCCNC(=O)c1ccsc1. The van der Waals surface area contributed by atoms with Crippen LogP contribution in [0.4, 0.5) is 0 Å². The first-order valence-corrected chi connectivity index (χ1v) is 9.24. The molecule has 122 valence electrons. The average molecular weight is 348 g/mol. The van der Waals surface area contributed by atoms with E-state index in [1.54, 1.807) is 28.4 Å². The molecule has 2 aromatic heterocycles. The van der Waals surface area contributed by atoms with Gasteiger partial charge in [-0.3, -0.25) is 9.59 Å². The van der Waals surface area contributed by atoms with E-state index >= 15 is 0 Å². The van der Waals surface area contributed by atoms with Gasteiger partial charge in [0.15, 0.2) is 0 Å². The van der Waals surface area contributed by atoms with Gasteiger partial charge in [0.05, 0.1) is 6.54 Å². The maximum Gasteiger partial charge on any atom is 0.252 e. The van der Waals surface area contributed by atoms with Gasteiger partial charge in [-0.1, -0.05) is 12.1 Å². The van der Waals surface area contributed by atoms with E-state index in [-0.39, 0.29) is 11.8 Å². The quantitative estimate of drug-likeness (QED) is 0.557. The van der Waals surface area contributed by atoms with Crippen molar-refractivity contribution in [3.63, 3.8) is 0 Å². The lowest BCUT2D eigenvalue weighted by Gasteiger charge is -2.20. The maximum atomic E-state index is 12.3. The highest BCUT2D eigenvalue weighted by Gasteiger charge is 2.13. The number of nitrogens with one attached hydrogen (secondary N) is 1. The Balaban J connectivity index is 1.73. The first-order valence-electron chi connectivity index (χ1n) is 7.42. The van der Waals surface area contributed by atoms with Crippen LogP contribution >= 0.6 is 22.7 Å². The predicted molar refractivity (Wildman–Crippen MR) is 95.8 cm³/mol. The monoisotopic (exact) mass is 348 g/mol. The van der Waals surface area contributed by atoms with Crippen molar-refractivity contribution in [3.8, 4) is 0 Å². The highest BCUT2D eigenvalue weighted by atomic mass is 32.1. The van der Waals surface area contributed by atoms with Gasteiger partial charge in [0.25, 0.3) is 5.91 Å². The molecule has 1 N–H and O–H groups in total. The second kappa shape index (κ2) is 9.27. The first kappa shape index (κ1) is 17.4. The van der Waals surface area contributed by atoms with Crippen LogP contribution in [0.15, 0.2) is 47.0 Å². The summed E-state index contributed by atoms with van der Waals surface area (Å²) in [4.78, 5) is 27.0. The van der Waals surface area contributed by atoms with Gasteiger partial charge in [0.1, 0.15) is 0 Å². The van der Waals surface area contributed by atoms with Crippen LogP contribution in [0.1, 0.15) is 28.1 Å². The summed E-state index contributed by atoms with van der Waals surface area (Å²) in [5, 5.41) is 8.53. The van der Waals surface area contributed by atoms with Gasteiger partial charge in [-0.25, -0.2) is 0 Å². The van der Waals surface area contributed by atoms with Crippen molar-refractivity contribution in [2.24, 2.45) is 0 Å². The maximum absolute atomic E-state index is 12.3. The molecule has 2 aromatic rings. The van der Waals surface area contributed by atoms with E-state index in [0.29, 0.717) is 38.0 Å². The van der Waals surface area contributed by atoms with Crippen molar-refractivity contribution < 1.29 is 9.59 Å². The van der Waals surface area contributed by atoms with Crippen LogP contribution in [0.5, 0.6) is 0 Å². The van der Waals surface area contributed by atoms with E-state index in [9.17, 15) is 9.59 Å². The van der Waals surface area contributed by atoms with Crippen molar-refractivity contribution in [1.82, 2.24) is 10.2 Å². The highest BCUT2D eigenvalue weighted by molar-refractivity contribution is 7.09. The van der Waals surface area contributed by atoms with E-state index in [1.165, 1.54) is 11.3 Å². The number of rotatable bonds is 9. The molecular weight excluding hydrogens is 328 g/mol. The van der Waals surface area contributed by atoms with Crippen molar-refractivity contribution in [1.29, 1.82) is 0 Å². The molecule has 23 heavy (non-hydrogen) atoms. The fourth-order valence-corrected chi connectivity index (χ4v) is 3.45. The Kier molecular flexibility index (Phi) is 7.03. The Morgan fingerprint density at radius 3 is 2.83 bits per heavy atom. The Morgan fingerprint density at radius 1 is 1.30 bits per heavy atom. The first-order chi connectivity index (χ1) is 11.2. The zero-order chi connectivity index (χ0) is 16.5. The summed E-state index contributed by atoms with van der Waals surface area (Å²) >= 11 is 3.13. The third kappa shape index (κ3) is 5.65. The molecule has 0 aromatic carbocycles. The molecule has 0 fully saturated rings.